The lowest BCUT2D eigenvalue weighted by molar-refractivity contribution is -0.125. The van der Waals surface area contributed by atoms with Crippen molar-refractivity contribution in [1.82, 2.24) is 15.5 Å². The van der Waals surface area contributed by atoms with Crippen LogP contribution in [0.2, 0.25) is 0 Å². The molecule has 2 aliphatic heterocycles. The number of rotatable bonds is 5. The Morgan fingerprint density at radius 2 is 1.66 bits per heavy atom. The molecule has 0 aliphatic carbocycles. The monoisotopic (exact) mass is 433 g/mol. The molecule has 4 amide bonds. The number of carbonyl (C=O) groups is 3. The zero-order valence-electron chi connectivity index (χ0n) is 19.0. The van der Waals surface area contributed by atoms with E-state index in [1.807, 2.05) is 18.7 Å². The number of nitrogens with one attached hydrogen (secondary N) is 2. The topological polar surface area (TPSA) is 78.5 Å². The summed E-state index contributed by atoms with van der Waals surface area (Å²) in [6.45, 7) is 7.40. The Morgan fingerprint density at radius 3 is 2.19 bits per heavy atom. The van der Waals surface area contributed by atoms with E-state index in [9.17, 15) is 14.4 Å². The smallest absolute Gasteiger partial charge is 0.322 e. The highest BCUT2D eigenvalue weighted by Gasteiger charge is 2.50. The number of urea groups is 1. The molecular weight excluding hydrogens is 402 g/mol. The Labute approximate surface area is 189 Å². The molecule has 2 fully saturated rings. The van der Waals surface area contributed by atoms with Gasteiger partial charge in [-0.15, -0.1) is 0 Å². The molecule has 2 saturated heterocycles. The number of imide groups is 1. The van der Waals surface area contributed by atoms with E-state index in [1.165, 1.54) is 11.1 Å². The molecule has 1 atom stereocenters. The van der Waals surface area contributed by atoms with Crippen molar-refractivity contribution in [2.24, 2.45) is 11.8 Å². The maximum atomic E-state index is 13.0. The molecule has 2 aromatic rings. The fourth-order valence-corrected chi connectivity index (χ4v) is 4.87. The van der Waals surface area contributed by atoms with Crippen LogP contribution >= 0.6 is 0 Å². The van der Waals surface area contributed by atoms with Crippen molar-refractivity contribution < 1.29 is 14.4 Å². The molecule has 0 saturated carbocycles. The van der Waals surface area contributed by atoms with Crippen molar-refractivity contribution in [2.75, 3.05) is 13.1 Å². The first-order valence-corrected chi connectivity index (χ1v) is 11.4. The molecule has 168 valence electrons. The molecule has 32 heavy (non-hydrogen) atoms. The zero-order chi connectivity index (χ0) is 22.9. The van der Waals surface area contributed by atoms with E-state index in [2.05, 4.69) is 41.8 Å². The quantitative estimate of drug-likeness (QED) is 0.705. The molecule has 4 rings (SSSR count). The number of carbonyl (C=O) groups excluding carboxylic acids is 3. The normalized spacial score (nSPS) is 21.6. The number of hydrogen-bond donors (Lipinski definition) is 2. The molecule has 0 bridgehead atoms. The van der Waals surface area contributed by atoms with Gasteiger partial charge in [-0.05, 0) is 61.3 Å². The summed E-state index contributed by atoms with van der Waals surface area (Å²) in [5, 5.41) is 5.11. The molecule has 6 nitrogen and oxygen atoms in total. The van der Waals surface area contributed by atoms with Gasteiger partial charge in [-0.1, -0.05) is 55.8 Å². The lowest BCUT2D eigenvalue weighted by atomic mass is 9.79. The van der Waals surface area contributed by atoms with Crippen molar-refractivity contribution in [3.05, 3.63) is 70.8 Å². The summed E-state index contributed by atoms with van der Waals surface area (Å²) in [6, 6.07) is 15.3. The average molecular weight is 434 g/mol. The summed E-state index contributed by atoms with van der Waals surface area (Å²) in [5.41, 5.74) is 2.82. The van der Waals surface area contributed by atoms with Crippen LogP contribution in [0.25, 0.3) is 0 Å². The number of aryl methyl sites for hydroxylation is 1. The first-order valence-electron chi connectivity index (χ1n) is 11.4. The van der Waals surface area contributed by atoms with Gasteiger partial charge in [0.1, 0.15) is 5.54 Å². The average Bonchev–Trinajstić information content (AvgIpc) is 3.10. The van der Waals surface area contributed by atoms with Gasteiger partial charge in [0.25, 0.3) is 11.8 Å². The maximum Gasteiger partial charge on any atom is 0.322 e. The standard InChI is InChI=1S/C26H31N3O3/c1-17(2)26(24(31)27-25(32)28-26)22-10-8-21(9-11-22)23(30)29-14-12-20(13-15-29)16-19-6-4-18(3)5-7-19/h4-11,17,20H,12-16H2,1-3H3,(H2,27,28,31,32). The molecular formula is C26H31N3O3. The number of nitrogens with zero attached hydrogens (tertiary/aromatic N) is 1. The molecule has 0 radical (unpaired) electrons. The Hall–Kier alpha value is -3.15. The summed E-state index contributed by atoms with van der Waals surface area (Å²) in [7, 11) is 0. The predicted octanol–water partition coefficient (Wildman–Crippen LogP) is 3.78. The van der Waals surface area contributed by atoms with E-state index in [0.29, 0.717) is 17.0 Å². The summed E-state index contributed by atoms with van der Waals surface area (Å²) in [4.78, 5) is 39.3. The number of likely N-dealkylation sites (tertiary alicyclic amines) is 1. The highest BCUT2D eigenvalue weighted by atomic mass is 16.2. The minimum atomic E-state index is -1.10. The summed E-state index contributed by atoms with van der Waals surface area (Å²) < 4.78 is 0. The minimum Gasteiger partial charge on any atom is -0.339 e. The molecule has 2 aromatic carbocycles. The predicted molar refractivity (Wildman–Crippen MR) is 123 cm³/mol. The van der Waals surface area contributed by atoms with Crippen molar-refractivity contribution in [1.29, 1.82) is 0 Å². The second kappa shape index (κ2) is 8.77. The number of piperidine rings is 1. The van der Waals surface area contributed by atoms with Crippen LogP contribution in [0.5, 0.6) is 0 Å². The summed E-state index contributed by atoms with van der Waals surface area (Å²) in [6.07, 6.45) is 3.06. The van der Waals surface area contributed by atoms with Gasteiger partial charge in [0, 0.05) is 18.7 Å². The van der Waals surface area contributed by atoms with Crippen LogP contribution in [0.1, 0.15) is 53.7 Å². The zero-order valence-corrected chi connectivity index (χ0v) is 19.0. The second-order valence-corrected chi connectivity index (χ2v) is 9.37. The van der Waals surface area contributed by atoms with Gasteiger partial charge in [-0.2, -0.15) is 0 Å². The Bertz CT molecular complexity index is 1010. The van der Waals surface area contributed by atoms with Gasteiger partial charge >= 0.3 is 6.03 Å². The first kappa shape index (κ1) is 22.1. The number of amides is 4. The lowest BCUT2D eigenvalue weighted by Crippen LogP contribution is -2.48. The van der Waals surface area contributed by atoms with E-state index in [-0.39, 0.29) is 17.7 Å². The highest BCUT2D eigenvalue weighted by Crippen LogP contribution is 2.33. The van der Waals surface area contributed by atoms with Gasteiger partial charge in [0.15, 0.2) is 0 Å². The van der Waals surface area contributed by atoms with Crippen molar-refractivity contribution in [2.45, 2.75) is 45.6 Å². The summed E-state index contributed by atoms with van der Waals surface area (Å²) >= 11 is 0. The molecule has 6 heteroatoms. The number of hydrogen-bond acceptors (Lipinski definition) is 3. The Morgan fingerprint density at radius 1 is 1.03 bits per heavy atom. The van der Waals surface area contributed by atoms with Gasteiger partial charge in [-0.3, -0.25) is 14.9 Å². The Kier molecular flexibility index (Phi) is 6.04. The second-order valence-electron chi connectivity index (χ2n) is 9.37. The van der Waals surface area contributed by atoms with Crippen LogP contribution in [0.4, 0.5) is 4.79 Å². The van der Waals surface area contributed by atoms with E-state index in [0.717, 1.165) is 32.4 Å². The molecule has 0 aromatic heterocycles. The maximum absolute atomic E-state index is 13.0. The molecule has 2 N–H and O–H groups in total. The highest BCUT2D eigenvalue weighted by molar-refractivity contribution is 6.07. The van der Waals surface area contributed by atoms with Gasteiger partial charge in [0.05, 0.1) is 0 Å². The third-order valence-electron chi connectivity index (χ3n) is 6.90. The van der Waals surface area contributed by atoms with E-state index in [4.69, 9.17) is 0 Å². The molecule has 2 aliphatic rings. The third kappa shape index (κ3) is 4.14. The van der Waals surface area contributed by atoms with Crippen LogP contribution < -0.4 is 10.6 Å². The largest absolute Gasteiger partial charge is 0.339 e. The first-order chi connectivity index (χ1) is 15.3. The third-order valence-corrected chi connectivity index (χ3v) is 6.90. The van der Waals surface area contributed by atoms with Crippen LogP contribution in [-0.4, -0.2) is 35.8 Å². The SMILES string of the molecule is Cc1ccc(CC2CCN(C(=O)c3ccc(C4(C(C)C)NC(=O)NC4=O)cc3)CC2)cc1. The summed E-state index contributed by atoms with van der Waals surface area (Å²) in [5.74, 6) is 0.124. The van der Waals surface area contributed by atoms with Gasteiger partial charge in [-0.25, -0.2) is 4.79 Å². The fourth-order valence-electron chi connectivity index (χ4n) is 4.87. The van der Waals surface area contributed by atoms with Crippen LogP contribution in [0.15, 0.2) is 48.5 Å². The van der Waals surface area contributed by atoms with Crippen molar-refractivity contribution in [3.63, 3.8) is 0 Å². The van der Waals surface area contributed by atoms with E-state index < -0.39 is 11.6 Å². The van der Waals surface area contributed by atoms with Crippen molar-refractivity contribution in [3.8, 4) is 0 Å². The molecule has 0 spiro atoms. The minimum absolute atomic E-state index is 0.0174. The van der Waals surface area contributed by atoms with Crippen molar-refractivity contribution >= 4 is 17.8 Å². The van der Waals surface area contributed by atoms with Crippen LogP contribution in [0.3, 0.4) is 0 Å². The van der Waals surface area contributed by atoms with Gasteiger partial charge < -0.3 is 10.2 Å². The van der Waals surface area contributed by atoms with Crippen LogP contribution in [0, 0.1) is 18.8 Å². The van der Waals surface area contributed by atoms with Crippen LogP contribution in [-0.2, 0) is 16.8 Å². The Balaban J connectivity index is 1.40. The fraction of sp³-hybridized carbons (Fsp3) is 0.423. The lowest BCUT2D eigenvalue weighted by Gasteiger charge is -2.33. The number of benzene rings is 2. The molecule has 1 unspecified atom stereocenters. The molecule has 2 heterocycles. The van der Waals surface area contributed by atoms with E-state index in [1.54, 1.807) is 24.3 Å². The van der Waals surface area contributed by atoms with E-state index >= 15 is 0 Å². The van der Waals surface area contributed by atoms with Gasteiger partial charge in [0.2, 0.25) is 0 Å².